The zero-order chi connectivity index (χ0) is 26.8. The Morgan fingerprint density at radius 3 is 2.85 bits per heavy atom. The van der Waals surface area contributed by atoms with E-state index in [1.54, 1.807) is 12.1 Å². The number of aromatic nitrogens is 4. The van der Waals surface area contributed by atoms with E-state index in [9.17, 15) is 9.90 Å². The summed E-state index contributed by atoms with van der Waals surface area (Å²) in [7, 11) is 2.24. The molecule has 2 aliphatic rings. The van der Waals surface area contributed by atoms with E-state index in [-0.39, 0.29) is 18.1 Å². The number of hydrogen-bond donors (Lipinski definition) is 3. The van der Waals surface area contributed by atoms with Gasteiger partial charge in [-0.1, -0.05) is 30.5 Å². The molecule has 1 fully saturated rings. The molecule has 2 aromatic heterocycles. The molecular weight excluding hydrogens is 496 g/mol. The van der Waals surface area contributed by atoms with Crippen LogP contribution >= 0.6 is 0 Å². The van der Waals surface area contributed by atoms with Crippen molar-refractivity contribution >= 4 is 21.9 Å². The highest BCUT2D eigenvalue weighted by Gasteiger charge is 2.25. The second-order valence-corrected chi connectivity index (χ2v) is 10.7. The first-order chi connectivity index (χ1) is 19.1. The number of fused-ring (bicyclic) bond motifs is 4. The Kier molecular flexibility index (Phi) is 7.38. The summed E-state index contributed by atoms with van der Waals surface area (Å²) in [6.45, 7) is 3.31. The van der Waals surface area contributed by atoms with Gasteiger partial charge in [0.15, 0.2) is 11.5 Å². The zero-order valence-corrected chi connectivity index (χ0v) is 22.4. The summed E-state index contributed by atoms with van der Waals surface area (Å²) in [5.74, 6) is 1.55. The Morgan fingerprint density at radius 1 is 1.13 bits per heavy atom. The first-order valence-corrected chi connectivity index (χ1v) is 14.0. The normalized spacial score (nSPS) is 15.6. The average molecular weight is 533 g/mol. The summed E-state index contributed by atoms with van der Waals surface area (Å²) in [5, 5.41) is 23.4. The van der Waals surface area contributed by atoms with Gasteiger partial charge < -0.3 is 29.8 Å². The Morgan fingerprint density at radius 2 is 1.97 bits per heavy atom. The molecule has 6 rings (SSSR count). The Bertz CT molecular complexity index is 1520. The number of aromatic amines is 1. The molecule has 206 valence electrons. The predicted octanol–water partition coefficient (Wildman–Crippen LogP) is 3.69. The van der Waals surface area contributed by atoms with E-state index in [4.69, 9.17) is 9.47 Å². The maximum absolute atomic E-state index is 11.7. The highest BCUT2D eigenvalue weighted by atomic mass is 16.7. The van der Waals surface area contributed by atoms with Crippen molar-refractivity contribution < 1.29 is 14.6 Å². The minimum Gasteiger partial charge on any atom is -0.506 e. The minimum absolute atomic E-state index is 0.0738. The van der Waals surface area contributed by atoms with Crippen molar-refractivity contribution in [3.05, 3.63) is 51.8 Å². The third-order valence-electron chi connectivity index (χ3n) is 8.12. The highest BCUT2D eigenvalue weighted by molar-refractivity contribution is 5.87. The van der Waals surface area contributed by atoms with Crippen molar-refractivity contribution in [2.45, 2.75) is 64.1 Å². The molecule has 0 atom stereocenters. The number of aromatic hydroxyl groups is 1. The third kappa shape index (κ3) is 5.31. The average Bonchev–Trinajstić information content (AvgIpc) is 3.60. The molecule has 10 heteroatoms. The van der Waals surface area contributed by atoms with Gasteiger partial charge >= 0.3 is 0 Å². The van der Waals surface area contributed by atoms with E-state index >= 15 is 0 Å². The van der Waals surface area contributed by atoms with E-state index in [0.29, 0.717) is 24.6 Å². The highest BCUT2D eigenvalue weighted by Crippen LogP contribution is 2.42. The van der Waals surface area contributed by atoms with Crippen molar-refractivity contribution in [3.8, 4) is 17.2 Å². The van der Waals surface area contributed by atoms with Crippen LogP contribution in [0.1, 0.15) is 49.7 Å². The van der Waals surface area contributed by atoms with Gasteiger partial charge in [-0.15, -0.1) is 5.10 Å². The van der Waals surface area contributed by atoms with Gasteiger partial charge in [0, 0.05) is 36.1 Å². The molecule has 3 N–H and O–H groups in total. The summed E-state index contributed by atoms with van der Waals surface area (Å²) in [6, 6.07) is 9.50. The first kappa shape index (κ1) is 25.6. The molecule has 0 radical (unpaired) electrons. The summed E-state index contributed by atoms with van der Waals surface area (Å²) in [4.78, 5) is 16.9. The third-order valence-corrected chi connectivity index (χ3v) is 8.12. The van der Waals surface area contributed by atoms with Crippen LogP contribution in [0, 0.1) is 0 Å². The fourth-order valence-electron chi connectivity index (χ4n) is 6.00. The molecule has 3 heterocycles. The van der Waals surface area contributed by atoms with Gasteiger partial charge in [-0.3, -0.25) is 4.79 Å². The van der Waals surface area contributed by atoms with Crippen molar-refractivity contribution in [3.63, 3.8) is 0 Å². The van der Waals surface area contributed by atoms with E-state index in [0.717, 1.165) is 65.0 Å². The lowest BCUT2D eigenvalue weighted by Crippen LogP contribution is -2.34. The zero-order valence-electron chi connectivity index (χ0n) is 22.4. The van der Waals surface area contributed by atoms with Crippen molar-refractivity contribution in [1.29, 1.82) is 0 Å². The van der Waals surface area contributed by atoms with Crippen LogP contribution in [0.25, 0.3) is 21.9 Å². The summed E-state index contributed by atoms with van der Waals surface area (Å²) < 4.78 is 13.7. The van der Waals surface area contributed by atoms with E-state index < -0.39 is 0 Å². The van der Waals surface area contributed by atoms with E-state index in [1.807, 2.05) is 16.8 Å². The predicted molar refractivity (Wildman–Crippen MR) is 149 cm³/mol. The second-order valence-electron chi connectivity index (χ2n) is 10.7. The molecule has 39 heavy (non-hydrogen) atoms. The molecule has 1 aliphatic heterocycles. The number of H-pyrrole nitrogens is 1. The minimum atomic E-state index is -0.233. The van der Waals surface area contributed by atoms with Crippen LogP contribution in [-0.2, 0) is 19.5 Å². The molecule has 0 saturated heterocycles. The molecule has 0 unspecified atom stereocenters. The van der Waals surface area contributed by atoms with E-state index in [2.05, 4.69) is 32.6 Å². The van der Waals surface area contributed by atoms with Gasteiger partial charge in [0.1, 0.15) is 16.8 Å². The first-order valence-electron chi connectivity index (χ1n) is 14.0. The maximum Gasteiger partial charge on any atom is 0.248 e. The number of nitrogens with zero attached hydrogens (tertiary/aromatic N) is 4. The molecule has 2 aromatic carbocycles. The SMILES string of the molecule is CN(CCCn1nnc2cc(CNCCc3ccc(O)c4[nH]c(=O)ccc34)c3c(c21)OCO3)C1CCCCC1. The van der Waals surface area contributed by atoms with Gasteiger partial charge in [-0.25, -0.2) is 4.68 Å². The smallest absolute Gasteiger partial charge is 0.248 e. The second kappa shape index (κ2) is 11.2. The van der Waals surface area contributed by atoms with Crippen molar-refractivity contribution in [1.82, 2.24) is 30.2 Å². The number of hydrogen-bond acceptors (Lipinski definition) is 8. The quantitative estimate of drug-likeness (QED) is 0.265. The monoisotopic (exact) mass is 532 g/mol. The molecule has 1 saturated carbocycles. The molecule has 0 spiro atoms. The lowest BCUT2D eigenvalue weighted by atomic mass is 9.94. The van der Waals surface area contributed by atoms with Crippen LogP contribution in [0.3, 0.4) is 0 Å². The van der Waals surface area contributed by atoms with Crippen LogP contribution in [0.15, 0.2) is 35.1 Å². The number of phenols is 1. The molecular formula is C29H36N6O4. The molecule has 0 amide bonds. The maximum atomic E-state index is 11.7. The summed E-state index contributed by atoms with van der Waals surface area (Å²) in [5.41, 5.74) is 3.98. The topological polar surface area (TPSA) is 118 Å². The lowest BCUT2D eigenvalue weighted by molar-refractivity contribution is 0.173. The van der Waals surface area contributed by atoms with Crippen molar-refractivity contribution in [2.24, 2.45) is 0 Å². The Hall–Kier alpha value is -3.63. The summed E-state index contributed by atoms with van der Waals surface area (Å²) in [6.07, 6.45) is 8.42. The van der Waals surface area contributed by atoms with Gasteiger partial charge in [0.25, 0.3) is 0 Å². The molecule has 10 nitrogen and oxygen atoms in total. The van der Waals surface area contributed by atoms with Crippen molar-refractivity contribution in [2.75, 3.05) is 26.9 Å². The lowest BCUT2D eigenvalue weighted by Gasteiger charge is -2.31. The number of ether oxygens (including phenoxy) is 2. The number of rotatable bonds is 10. The van der Waals surface area contributed by atoms with Crippen LogP contribution in [0.5, 0.6) is 17.2 Å². The Balaban J connectivity index is 1.10. The number of nitrogens with one attached hydrogen (secondary N) is 2. The number of phenolic OH excluding ortho intramolecular Hbond substituents is 1. The van der Waals surface area contributed by atoms with Gasteiger partial charge in [0.05, 0.1) is 5.52 Å². The number of pyridine rings is 1. The fourth-order valence-corrected chi connectivity index (χ4v) is 6.00. The van der Waals surface area contributed by atoms with Gasteiger partial charge in [-0.2, -0.15) is 0 Å². The number of benzene rings is 2. The van der Waals surface area contributed by atoms with Crippen LogP contribution < -0.4 is 20.3 Å². The van der Waals surface area contributed by atoms with Crippen LogP contribution in [-0.4, -0.2) is 63.0 Å². The van der Waals surface area contributed by atoms with Gasteiger partial charge in [0.2, 0.25) is 12.4 Å². The molecule has 1 aliphatic carbocycles. The standard InChI is InChI=1S/C29H36N6O4/c1-34(21-6-3-2-4-7-21)14-5-15-35-27-23(32-33-35)16-20(28-29(27)39-18-38-28)17-30-13-12-19-8-10-24(36)26-22(19)9-11-25(37)31-26/h8-11,16,21,30,36H,2-7,12-15,17-18H2,1H3,(H,31,37). The molecule has 4 aromatic rings. The van der Waals surface area contributed by atoms with E-state index in [1.165, 1.54) is 38.2 Å². The number of aryl methyl sites for hydroxylation is 1. The Labute approximate surface area is 226 Å². The van der Waals surface area contributed by atoms with Gasteiger partial charge in [-0.05, 0) is 69.6 Å². The largest absolute Gasteiger partial charge is 0.506 e. The van der Waals surface area contributed by atoms with Crippen LogP contribution in [0.2, 0.25) is 0 Å². The summed E-state index contributed by atoms with van der Waals surface area (Å²) >= 11 is 0. The fraction of sp³-hybridized carbons (Fsp3) is 0.483. The molecule has 0 bridgehead atoms. The van der Waals surface area contributed by atoms with Crippen LogP contribution in [0.4, 0.5) is 0 Å².